The molecular formula is C20H21ClN4O5S2. The Bertz CT molecular complexity index is 1190. The first-order valence-corrected chi connectivity index (χ1v) is 12.7. The van der Waals surface area contributed by atoms with Gasteiger partial charge in [-0.1, -0.05) is 23.1 Å². The normalized spacial score (nSPS) is 17.2. The molecule has 9 nitrogen and oxygen atoms in total. The molecule has 4 rings (SSSR count). The number of halogens is 1. The lowest BCUT2D eigenvalue weighted by atomic mass is 10.0. The van der Waals surface area contributed by atoms with Gasteiger partial charge in [-0.2, -0.15) is 4.31 Å². The van der Waals surface area contributed by atoms with E-state index >= 15 is 0 Å². The Balaban J connectivity index is 1.49. The Kier molecular flexibility index (Phi) is 6.79. The van der Waals surface area contributed by atoms with Crippen LogP contribution < -0.4 is 10.1 Å². The zero-order valence-corrected chi connectivity index (χ0v) is 19.5. The van der Waals surface area contributed by atoms with Crippen LogP contribution in [0.5, 0.6) is 5.75 Å². The van der Waals surface area contributed by atoms with E-state index < -0.39 is 22.0 Å². The highest BCUT2D eigenvalue weighted by Gasteiger charge is 2.38. The lowest BCUT2D eigenvalue weighted by Crippen LogP contribution is -2.49. The fourth-order valence-electron chi connectivity index (χ4n) is 3.45. The van der Waals surface area contributed by atoms with Crippen LogP contribution in [0.1, 0.15) is 26.2 Å². The van der Waals surface area contributed by atoms with Gasteiger partial charge in [-0.15, -0.1) is 16.4 Å². The average molecular weight is 497 g/mol. The Hall–Kier alpha value is -2.47. The number of ether oxygens (including phenoxy) is 1. The average Bonchev–Trinajstić information content (AvgIpc) is 3.44. The second-order valence-electron chi connectivity index (χ2n) is 7.04. The zero-order valence-electron chi connectivity index (χ0n) is 17.2. The van der Waals surface area contributed by atoms with Crippen molar-refractivity contribution in [1.29, 1.82) is 0 Å². The molecule has 1 N–H and O–H groups in total. The summed E-state index contributed by atoms with van der Waals surface area (Å²) in [5.74, 6) is 0.428. The van der Waals surface area contributed by atoms with E-state index in [4.69, 9.17) is 20.8 Å². The van der Waals surface area contributed by atoms with Crippen molar-refractivity contribution in [1.82, 2.24) is 14.5 Å². The van der Waals surface area contributed by atoms with E-state index in [1.165, 1.54) is 16.4 Å². The molecule has 1 fully saturated rings. The summed E-state index contributed by atoms with van der Waals surface area (Å²) >= 11 is 6.88. The third-order valence-corrected chi connectivity index (χ3v) is 8.54. The third-order valence-electron chi connectivity index (χ3n) is 4.94. The molecule has 0 bridgehead atoms. The summed E-state index contributed by atoms with van der Waals surface area (Å²) in [6, 6.07) is 9.10. The van der Waals surface area contributed by atoms with Crippen molar-refractivity contribution in [3.05, 3.63) is 40.7 Å². The highest BCUT2D eigenvalue weighted by Crippen LogP contribution is 2.32. The van der Waals surface area contributed by atoms with Gasteiger partial charge in [0, 0.05) is 12.1 Å². The number of aromatic nitrogens is 2. The van der Waals surface area contributed by atoms with E-state index in [0.717, 1.165) is 23.5 Å². The summed E-state index contributed by atoms with van der Waals surface area (Å²) in [5.41, 5.74) is 0.665. The fourth-order valence-corrected chi connectivity index (χ4v) is 6.71. The predicted molar refractivity (Wildman–Crippen MR) is 120 cm³/mol. The summed E-state index contributed by atoms with van der Waals surface area (Å²) in [5, 5.41) is 10.4. The number of amides is 1. The van der Waals surface area contributed by atoms with Crippen LogP contribution in [0.4, 0.5) is 6.01 Å². The van der Waals surface area contributed by atoms with E-state index in [0.29, 0.717) is 29.3 Å². The zero-order chi connectivity index (χ0) is 22.7. The molecule has 0 spiro atoms. The molecule has 1 amide bonds. The second-order valence-corrected chi connectivity index (χ2v) is 10.9. The summed E-state index contributed by atoms with van der Waals surface area (Å²) in [7, 11) is -3.85. The molecule has 0 aliphatic carbocycles. The maximum Gasteiger partial charge on any atom is 0.322 e. The van der Waals surface area contributed by atoms with Crippen LogP contribution in [0.15, 0.2) is 45.0 Å². The molecule has 3 aromatic rings. The fraction of sp³-hybridized carbons (Fsp3) is 0.350. The molecule has 1 atom stereocenters. The van der Waals surface area contributed by atoms with Gasteiger partial charge in [0.15, 0.2) is 0 Å². The Morgan fingerprint density at radius 3 is 2.72 bits per heavy atom. The van der Waals surface area contributed by atoms with Crippen LogP contribution in [0, 0.1) is 0 Å². The summed E-state index contributed by atoms with van der Waals surface area (Å²) < 4.78 is 38.8. The Labute approximate surface area is 194 Å². The van der Waals surface area contributed by atoms with Gasteiger partial charge < -0.3 is 9.15 Å². The first kappa shape index (κ1) is 22.7. The molecule has 3 heterocycles. The molecular weight excluding hydrogens is 476 g/mol. The van der Waals surface area contributed by atoms with E-state index in [-0.39, 0.29) is 22.7 Å². The molecule has 1 aromatic carbocycles. The summed E-state index contributed by atoms with van der Waals surface area (Å²) in [6.45, 7) is 2.70. The maximum atomic E-state index is 13.1. The highest BCUT2D eigenvalue weighted by atomic mass is 35.5. The largest absolute Gasteiger partial charge is 0.494 e. The first-order chi connectivity index (χ1) is 15.4. The van der Waals surface area contributed by atoms with Crippen LogP contribution in [0.2, 0.25) is 4.34 Å². The number of piperidine rings is 1. The molecule has 1 aliphatic heterocycles. The van der Waals surface area contributed by atoms with Crippen molar-refractivity contribution in [2.24, 2.45) is 0 Å². The standard InChI is InChI=1S/C20H21ClN4O5S2/c1-2-29-14-8-6-13(7-9-14)19-23-24-20(30-19)22-18(26)15-5-3-4-12-25(15)32(27,28)17-11-10-16(21)31-17/h6-11,15H,2-5,12H2,1H3,(H,22,24,26). The Morgan fingerprint density at radius 1 is 1.25 bits per heavy atom. The molecule has 170 valence electrons. The van der Waals surface area contributed by atoms with Gasteiger partial charge in [0.1, 0.15) is 16.0 Å². The number of carbonyl (C=O) groups is 1. The molecule has 32 heavy (non-hydrogen) atoms. The molecule has 2 aromatic heterocycles. The van der Waals surface area contributed by atoms with Crippen molar-refractivity contribution in [2.75, 3.05) is 18.5 Å². The van der Waals surface area contributed by atoms with Gasteiger partial charge in [0.05, 0.1) is 10.9 Å². The quantitative estimate of drug-likeness (QED) is 0.525. The number of nitrogens with zero attached hydrogens (tertiary/aromatic N) is 3. The minimum absolute atomic E-state index is 0.0963. The van der Waals surface area contributed by atoms with E-state index in [9.17, 15) is 13.2 Å². The maximum absolute atomic E-state index is 13.1. The minimum atomic E-state index is -3.85. The summed E-state index contributed by atoms with van der Waals surface area (Å²) in [6.07, 6.45) is 1.80. The van der Waals surface area contributed by atoms with Gasteiger partial charge in [-0.05, 0) is 56.2 Å². The topological polar surface area (TPSA) is 115 Å². The lowest BCUT2D eigenvalue weighted by molar-refractivity contribution is -0.120. The number of thiophene rings is 1. The van der Waals surface area contributed by atoms with Crippen LogP contribution >= 0.6 is 22.9 Å². The number of hydrogen-bond acceptors (Lipinski definition) is 8. The number of hydrogen-bond donors (Lipinski definition) is 1. The van der Waals surface area contributed by atoms with Crippen molar-refractivity contribution in [3.8, 4) is 17.2 Å². The van der Waals surface area contributed by atoms with E-state index in [1.807, 2.05) is 6.92 Å². The smallest absolute Gasteiger partial charge is 0.322 e. The van der Waals surface area contributed by atoms with Crippen molar-refractivity contribution in [3.63, 3.8) is 0 Å². The number of nitrogens with one attached hydrogen (secondary N) is 1. The highest BCUT2D eigenvalue weighted by molar-refractivity contribution is 7.91. The molecule has 1 saturated heterocycles. The molecule has 1 unspecified atom stereocenters. The van der Waals surface area contributed by atoms with Crippen LogP contribution in [-0.2, 0) is 14.8 Å². The van der Waals surface area contributed by atoms with Gasteiger partial charge in [-0.3, -0.25) is 10.1 Å². The number of anilines is 1. The predicted octanol–water partition coefficient (Wildman–Crippen LogP) is 4.03. The van der Waals surface area contributed by atoms with Crippen LogP contribution in [-0.4, -0.2) is 48.0 Å². The molecule has 0 radical (unpaired) electrons. The van der Waals surface area contributed by atoms with Crippen molar-refractivity contribution >= 4 is 44.9 Å². The van der Waals surface area contributed by atoms with Crippen LogP contribution in [0.25, 0.3) is 11.5 Å². The molecule has 0 saturated carbocycles. The summed E-state index contributed by atoms with van der Waals surface area (Å²) in [4.78, 5) is 12.9. The van der Waals surface area contributed by atoms with Gasteiger partial charge in [-0.25, -0.2) is 8.42 Å². The van der Waals surface area contributed by atoms with Crippen LogP contribution in [0.3, 0.4) is 0 Å². The number of sulfonamides is 1. The Morgan fingerprint density at radius 2 is 2.03 bits per heavy atom. The van der Waals surface area contributed by atoms with Gasteiger partial charge in [0.2, 0.25) is 11.8 Å². The van der Waals surface area contributed by atoms with E-state index in [1.54, 1.807) is 24.3 Å². The van der Waals surface area contributed by atoms with Gasteiger partial charge >= 0.3 is 6.01 Å². The number of benzene rings is 1. The van der Waals surface area contributed by atoms with Gasteiger partial charge in [0.25, 0.3) is 10.0 Å². The SMILES string of the molecule is CCOc1ccc(-c2nnc(NC(=O)C3CCCCN3S(=O)(=O)c3ccc(Cl)s3)o2)cc1. The molecule has 1 aliphatic rings. The monoisotopic (exact) mass is 496 g/mol. The first-order valence-electron chi connectivity index (χ1n) is 10.0. The minimum Gasteiger partial charge on any atom is -0.494 e. The number of carbonyl (C=O) groups excluding carboxylic acids is 1. The lowest BCUT2D eigenvalue weighted by Gasteiger charge is -2.32. The van der Waals surface area contributed by atoms with E-state index in [2.05, 4.69) is 15.5 Å². The van der Waals surface area contributed by atoms with Crippen molar-refractivity contribution < 1.29 is 22.4 Å². The van der Waals surface area contributed by atoms with Crippen molar-refractivity contribution in [2.45, 2.75) is 36.4 Å². The number of rotatable bonds is 7. The second kappa shape index (κ2) is 9.57. The molecule has 12 heteroatoms. The third kappa shape index (κ3) is 4.80.